The highest BCUT2D eigenvalue weighted by Gasteiger charge is 2.14. The number of rotatable bonds is 6. The Morgan fingerprint density at radius 1 is 0.963 bits per heavy atom. The molecular formula is C19H20FN3O4. The largest absolute Gasteiger partial charge is 0.486 e. The van der Waals surface area contributed by atoms with E-state index >= 15 is 0 Å². The molecule has 1 aliphatic rings. The summed E-state index contributed by atoms with van der Waals surface area (Å²) in [5.41, 5.74) is 0.955. The van der Waals surface area contributed by atoms with Gasteiger partial charge in [-0.1, -0.05) is 6.07 Å². The Morgan fingerprint density at radius 3 is 2.26 bits per heavy atom. The van der Waals surface area contributed by atoms with Crippen LogP contribution in [-0.2, 0) is 9.59 Å². The molecule has 0 spiro atoms. The Kier molecular flexibility index (Phi) is 5.87. The van der Waals surface area contributed by atoms with E-state index in [1.807, 2.05) is 0 Å². The van der Waals surface area contributed by atoms with Crippen molar-refractivity contribution in [3.05, 3.63) is 48.3 Å². The molecule has 0 aliphatic carbocycles. The van der Waals surface area contributed by atoms with Crippen molar-refractivity contribution in [2.45, 2.75) is 0 Å². The van der Waals surface area contributed by atoms with Crippen molar-refractivity contribution in [2.75, 3.05) is 44.0 Å². The summed E-state index contributed by atoms with van der Waals surface area (Å²) in [6, 6.07) is 10.8. The minimum atomic E-state index is -0.431. The van der Waals surface area contributed by atoms with Crippen LogP contribution in [0.5, 0.6) is 11.5 Å². The van der Waals surface area contributed by atoms with Gasteiger partial charge in [0.05, 0.1) is 13.1 Å². The molecule has 2 N–H and O–H groups in total. The van der Waals surface area contributed by atoms with Crippen molar-refractivity contribution in [1.82, 2.24) is 4.90 Å². The third kappa shape index (κ3) is 5.42. The van der Waals surface area contributed by atoms with Gasteiger partial charge in [0.2, 0.25) is 11.8 Å². The van der Waals surface area contributed by atoms with Crippen LogP contribution in [0.2, 0.25) is 0 Å². The van der Waals surface area contributed by atoms with Gasteiger partial charge in [-0.2, -0.15) is 0 Å². The molecule has 2 aromatic rings. The van der Waals surface area contributed by atoms with E-state index in [4.69, 9.17) is 9.47 Å². The molecular weight excluding hydrogens is 353 g/mol. The number of likely N-dealkylation sites (N-methyl/N-ethyl adjacent to an activating group) is 1. The molecule has 142 valence electrons. The number of ether oxygens (including phenoxy) is 2. The molecule has 2 amide bonds. The predicted octanol–water partition coefficient (Wildman–Crippen LogP) is 2.11. The minimum absolute atomic E-state index is 0.00886. The van der Waals surface area contributed by atoms with Crippen molar-refractivity contribution < 1.29 is 23.5 Å². The normalized spacial score (nSPS) is 12.6. The van der Waals surface area contributed by atoms with Gasteiger partial charge >= 0.3 is 0 Å². The zero-order valence-corrected chi connectivity index (χ0v) is 14.8. The molecule has 7 nitrogen and oxygen atoms in total. The molecule has 0 saturated heterocycles. The minimum Gasteiger partial charge on any atom is -0.486 e. The number of amides is 2. The van der Waals surface area contributed by atoms with E-state index in [0.717, 1.165) is 0 Å². The van der Waals surface area contributed by atoms with E-state index in [0.29, 0.717) is 36.1 Å². The summed E-state index contributed by atoms with van der Waals surface area (Å²) in [5, 5.41) is 5.34. The Hall–Kier alpha value is -3.13. The third-order valence-electron chi connectivity index (χ3n) is 3.76. The van der Waals surface area contributed by atoms with Crippen LogP contribution >= 0.6 is 0 Å². The van der Waals surface area contributed by atoms with Crippen LogP contribution in [0.3, 0.4) is 0 Å². The highest BCUT2D eigenvalue weighted by molar-refractivity contribution is 5.94. The molecule has 2 aromatic carbocycles. The second kappa shape index (κ2) is 8.50. The number of anilines is 2. The van der Waals surface area contributed by atoms with Gasteiger partial charge < -0.3 is 20.1 Å². The van der Waals surface area contributed by atoms with Gasteiger partial charge in [0.15, 0.2) is 11.5 Å². The zero-order chi connectivity index (χ0) is 19.2. The molecule has 0 aromatic heterocycles. The van der Waals surface area contributed by atoms with Crippen LogP contribution < -0.4 is 20.1 Å². The van der Waals surface area contributed by atoms with Crippen molar-refractivity contribution in [1.29, 1.82) is 0 Å². The monoisotopic (exact) mass is 373 g/mol. The highest BCUT2D eigenvalue weighted by atomic mass is 19.1. The summed E-state index contributed by atoms with van der Waals surface area (Å²) < 4.78 is 24.0. The molecule has 1 heterocycles. The third-order valence-corrected chi connectivity index (χ3v) is 3.76. The Labute approximate surface area is 156 Å². The van der Waals surface area contributed by atoms with Gasteiger partial charge in [-0.25, -0.2) is 4.39 Å². The maximum Gasteiger partial charge on any atom is 0.238 e. The maximum atomic E-state index is 13.1. The van der Waals surface area contributed by atoms with Gasteiger partial charge in [0, 0.05) is 17.4 Å². The number of nitrogens with one attached hydrogen (secondary N) is 2. The van der Waals surface area contributed by atoms with Crippen LogP contribution in [0.25, 0.3) is 0 Å². The van der Waals surface area contributed by atoms with E-state index < -0.39 is 5.82 Å². The number of hydrogen-bond donors (Lipinski definition) is 2. The van der Waals surface area contributed by atoms with Crippen LogP contribution in [0.15, 0.2) is 42.5 Å². The average molecular weight is 373 g/mol. The first-order valence-corrected chi connectivity index (χ1v) is 8.43. The lowest BCUT2D eigenvalue weighted by Crippen LogP contribution is -2.36. The van der Waals surface area contributed by atoms with E-state index in [1.165, 1.54) is 18.2 Å². The number of benzene rings is 2. The smallest absolute Gasteiger partial charge is 0.238 e. The number of halogens is 1. The predicted molar refractivity (Wildman–Crippen MR) is 98.6 cm³/mol. The molecule has 0 bridgehead atoms. The standard InChI is InChI=1S/C19H20FN3O4/c1-23(11-18(24)21-14-4-2-3-13(20)9-14)12-19(25)22-15-5-6-16-17(10-15)27-8-7-26-16/h2-6,9-10H,7-8,11-12H2,1H3,(H,21,24)(H,22,25). The van der Waals surface area contributed by atoms with Crippen LogP contribution in [0.1, 0.15) is 0 Å². The van der Waals surface area contributed by atoms with Gasteiger partial charge in [-0.3, -0.25) is 14.5 Å². The number of carbonyl (C=O) groups excluding carboxylic acids is 2. The zero-order valence-electron chi connectivity index (χ0n) is 14.8. The molecule has 8 heteroatoms. The van der Waals surface area contributed by atoms with E-state index in [9.17, 15) is 14.0 Å². The van der Waals surface area contributed by atoms with Crippen LogP contribution in [0.4, 0.5) is 15.8 Å². The van der Waals surface area contributed by atoms with Gasteiger partial charge in [-0.15, -0.1) is 0 Å². The number of hydrogen-bond acceptors (Lipinski definition) is 5. The first-order chi connectivity index (χ1) is 13.0. The Bertz CT molecular complexity index is 843. The summed E-state index contributed by atoms with van der Waals surface area (Å²) >= 11 is 0. The fraction of sp³-hybridized carbons (Fsp3) is 0.263. The molecule has 27 heavy (non-hydrogen) atoms. The summed E-state index contributed by atoms with van der Waals surface area (Å²) in [6.07, 6.45) is 0. The number of nitrogens with zero attached hydrogens (tertiary/aromatic N) is 1. The molecule has 0 radical (unpaired) electrons. The lowest BCUT2D eigenvalue weighted by Gasteiger charge is -2.19. The SMILES string of the molecule is CN(CC(=O)Nc1cccc(F)c1)CC(=O)Nc1ccc2c(c1)OCCO2. The quantitative estimate of drug-likeness (QED) is 0.811. The average Bonchev–Trinajstić information content (AvgIpc) is 2.61. The van der Waals surface area contributed by atoms with Gasteiger partial charge in [0.25, 0.3) is 0 Å². The van der Waals surface area contributed by atoms with Crippen molar-refractivity contribution in [3.8, 4) is 11.5 Å². The van der Waals surface area contributed by atoms with Crippen LogP contribution in [-0.4, -0.2) is 50.1 Å². The summed E-state index contributed by atoms with van der Waals surface area (Å²) in [6.45, 7) is 0.977. The van der Waals surface area contributed by atoms with Crippen molar-refractivity contribution >= 4 is 23.2 Å². The number of fused-ring (bicyclic) bond motifs is 1. The molecule has 0 fully saturated rings. The molecule has 0 saturated carbocycles. The fourth-order valence-corrected chi connectivity index (χ4v) is 2.63. The van der Waals surface area contributed by atoms with Crippen molar-refractivity contribution in [2.24, 2.45) is 0 Å². The second-order valence-corrected chi connectivity index (χ2v) is 6.14. The van der Waals surface area contributed by atoms with E-state index in [-0.39, 0.29) is 24.9 Å². The van der Waals surface area contributed by atoms with E-state index in [2.05, 4.69) is 10.6 Å². The maximum absolute atomic E-state index is 13.1. The Morgan fingerprint density at radius 2 is 1.59 bits per heavy atom. The number of carbonyl (C=O) groups is 2. The molecule has 0 atom stereocenters. The summed E-state index contributed by atoms with van der Waals surface area (Å²) in [5.74, 6) is 0.190. The summed E-state index contributed by atoms with van der Waals surface area (Å²) in [4.78, 5) is 25.7. The lowest BCUT2D eigenvalue weighted by atomic mass is 10.2. The van der Waals surface area contributed by atoms with Crippen molar-refractivity contribution in [3.63, 3.8) is 0 Å². The second-order valence-electron chi connectivity index (χ2n) is 6.14. The molecule has 3 rings (SSSR count). The van der Waals surface area contributed by atoms with E-state index in [1.54, 1.807) is 36.2 Å². The summed E-state index contributed by atoms with van der Waals surface area (Å²) in [7, 11) is 1.65. The topological polar surface area (TPSA) is 79.9 Å². The van der Waals surface area contributed by atoms with Gasteiger partial charge in [-0.05, 0) is 37.4 Å². The first-order valence-electron chi connectivity index (χ1n) is 8.43. The lowest BCUT2D eigenvalue weighted by molar-refractivity contribution is -0.119. The first kappa shape index (κ1) is 18.7. The highest BCUT2D eigenvalue weighted by Crippen LogP contribution is 2.32. The van der Waals surface area contributed by atoms with Gasteiger partial charge in [0.1, 0.15) is 19.0 Å². The molecule has 1 aliphatic heterocycles. The molecule has 0 unspecified atom stereocenters. The fourth-order valence-electron chi connectivity index (χ4n) is 2.63. The van der Waals surface area contributed by atoms with Crippen LogP contribution in [0, 0.1) is 5.82 Å². The Balaban J connectivity index is 1.48.